The van der Waals surface area contributed by atoms with Crippen molar-refractivity contribution >= 4 is 34.2 Å². The minimum Gasteiger partial charge on any atom is -0.451 e. The molecule has 0 unspecified atom stereocenters. The summed E-state index contributed by atoms with van der Waals surface area (Å²) in [4.78, 5) is 39.1. The Labute approximate surface area is 231 Å². The van der Waals surface area contributed by atoms with Gasteiger partial charge < -0.3 is 13.6 Å². The van der Waals surface area contributed by atoms with Gasteiger partial charge >= 0.3 is 5.97 Å². The lowest BCUT2D eigenvalue weighted by atomic mass is 9.44. The number of ketones is 2. The second-order valence-electron chi connectivity index (χ2n) is 15.2. The molecular formula is C30H50O6Si2. The van der Waals surface area contributed by atoms with E-state index in [2.05, 4.69) is 60.1 Å². The molecule has 0 aromatic heterocycles. The van der Waals surface area contributed by atoms with E-state index in [0.717, 1.165) is 32.1 Å². The molecule has 0 saturated heterocycles. The number of rotatable bonds is 7. The fourth-order valence-electron chi connectivity index (χ4n) is 9.08. The molecule has 0 radical (unpaired) electrons. The predicted octanol–water partition coefficient (Wildman–Crippen LogP) is 6.46. The predicted molar refractivity (Wildman–Crippen MR) is 154 cm³/mol. The molecule has 3 fully saturated rings. The third-order valence-electron chi connectivity index (χ3n) is 10.3. The van der Waals surface area contributed by atoms with Crippen molar-refractivity contribution in [3.8, 4) is 0 Å². The molecule has 0 amide bonds. The van der Waals surface area contributed by atoms with E-state index in [0.29, 0.717) is 24.7 Å². The molecule has 4 rings (SSSR count). The molecule has 8 heteroatoms. The quantitative estimate of drug-likeness (QED) is 0.262. The van der Waals surface area contributed by atoms with E-state index in [1.165, 1.54) is 12.5 Å². The van der Waals surface area contributed by atoms with Crippen LogP contribution in [0.3, 0.4) is 0 Å². The maximum Gasteiger partial charge on any atom is 0.303 e. The van der Waals surface area contributed by atoms with Gasteiger partial charge in [-0.1, -0.05) is 13.8 Å². The summed E-state index contributed by atoms with van der Waals surface area (Å²) in [6, 6.07) is 0. The molecule has 38 heavy (non-hydrogen) atoms. The van der Waals surface area contributed by atoms with Crippen molar-refractivity contribution in [2.75, 3.05) is 6.61 Å². The van der Waals surface area contributed by atoms with E-state index in [9.17, 15) is 14.4 Å². The van der Waals surface area contributed by atoms with Crippen molar-refractivity contribution in [2.24, 2.45) is 28.6 Å². The van der Waals surface area contributed by atoms with Crippen LogP contribution in [0.1, 0.15) is 72.6 Å². The Hall–Kier alpha value is -1.10. The Morgan fingerprint density at radius 2 is 1.58 bits per heavy atom. The molecule has 4 aliphatic rings. The summed E-state index contributed by atoms with van der Waals surface area (Å²) in [5.41, 5.74) is -1.03. The molecule has 0 spiro atoms. The summed E-state index contributed by atoms with van der Waals surface area (Å²) in [5.74, 6) is 0.717. The average Bonchev–Trinajstić information content (AvgIpc) is 3.04. The number of ether oxygens (including phenoxy) is 1. The van der Waals surface area contributed by atoms with E-state index < -0.39 is 39.2 Å². The van der Waals surface area contributed by atoms with Gasteiger partial charge in [-0.25, -0.2) is 0 Å². The maximum absolute atomic E-state index is 14.0. The summed E-state index contributed by atoms with van der Waals surface area (Å²) in [6.07, 6.45) is 7.37. The van der Waals surface area contributed by atoms with Gasteiger partial charge in [0.05, 0.1) is 12.2 Å². The molecule has 0 aromatic rings. The summed E-state index contributed by atoms with van der Waals surface area (Å²) in [6.45, 7) is 21.1. The van der Waals surface area contributed by atoms with E-state index >= 15 is 0 Å². The monoisotopic (exact) mass is 562 g/mol. The lowest BCUT2D eigenvalue weighted by Crippen LogP contribution is -2.63. The number of hydrogen-bond donors (Lipinski definition) is 0. The third-order valence-corrected chi connectivity index (χ3v) is 12.4. The maximum atomic E-state index is 14.0. The number of fused-ring (bicyclic) bond motifs is 5. The summed E-state index contributed by atoms with van der Waals surface area (Å²) in [5, 5.41) is 0. The van der Waals surface area contributed by atoms with Crippen LogP contribution in [0.15, 0.2) is 11.6 Å². The first kappa shape index (κ1) is 29.9. The highest BCUT2D eigenvalue weighted by Crippen LogP contribution is 2.70. The van der Waals surface area contributed by atoms with Crippen LogP contribution in [0.2, 0.25) is 39.3 Å². The average molecular weight is 563 g/mol. The minimum atomic E-state index is -1.94. The molecular weight excluding hydrogens is 512 g/mol. The summed E-state index contributed by atoms with van der Waals surface area (Å²) >= 11 is 0. The highest BCUT2D eigenvalue weighted by atomic mass is 28.4. The van der Waals surface area contributed by atoms with E-state index in [1.807, 2.05) is 6.08 Å². The molecule has 0 aliphatic heterocycles. The van der Waals surface area contributed by atoms with Crippen LogP contribution < -0.4 is 0 Å². The van der Waals surface area contributed by atoms with Crippen LogP contribution >= 0.6 is 0 Å². The number of carbonyl (C=O) groups is 3. The van der Waals surface area contributed by atoms with E-state index in [1.54, 1.807) is 0 Å². The third kappa shape index (κ3) is 4.96. The van der Waals surface area contributed by atoms with Gasteiger partial charge in [0, 0.05) is 18.8 Å². The minimum absolute atomic E-state index is 0.00255. The van der Waals surface area contributed by atoms with Gasteiger partial charge in [0.15, 0.2) is 28.0 Å². The Morgan fingerprint density at radius 1 is 0.947 bits per heavy atom. The van der Waals surface area contributed by atoms with E-state index in [-0.39, 0.29) is 29.5 Å². The van der Waals surface area contributed by atoms with Gasteiger partial charge in [0.2, 0.25) is 5.78 Å². The highest BCUT2D eigenvalue weighted by Gasteiger charge is 2.70. The highest BCUT2D eigenvalue weighted by molar-refractivity contribution is 6.70. The number of esters is 1. The number of carbonyl (C=O) groups excluding carboxylic acids is 3. The summed E-state index contributed by atoms with van der Waals surface area (Å²) < 4.78 is 19.2. The molecule has 0 bridgehead atoms. The lowest BCUT2D eigenvalue weighted by molar-refractivity contribution is -0.192. The van der Waals surface area contributed by atoms with Gasteiger partial charge in [0.25, 0.3) is 0 Å². The molecule has 0 aromatic carbocycles. The first-order valence-electron chi connectivity index (χ1n) is 14.6. The topological polar surface area (TPSA) is 78.9 Å². The second kappa shape index (κ2) is 9.49. The zero-order chi connectivity index (χ0) is 28.5. The molecule has 0 N–H and O–H groups in total. The standard InChI is InChI=1S/C30H50O6Si2/c1-20(31)35-30(26(33)19-34-37(5,6)7)16-13-24-22-18-29(4,36-38(8,9)10)25-17-21(32)11-14-27(25,2)23(22)12-15-28(24,30)3/h17,22-24H,11-16,18-19H2,1-10H3/t22-,23+,24+,27-,28+,29-,30+/m1/s1. The van der Waals surface area contributed by atoms with Crippen molar-refractivity contribution < 1.29 is 28.0 Å². The van der Waals surface area contributed by atoms with Gasteiger partial charge in [-0.2, -0.15) is 0 Å². The van der Waals surface area contributed by atoms with Crippen molar-refractivity contribution in [1.29, 1.82) is 0 Å². The Balaban J connectivity index is 1.77. The van der Waals surface area contributed by atoms with Crippen molar-refractivity contribution in [3.63, 3.8) is 0 Å². The fraction of sp³-hybridized carbons (Fsp3) is 0.833. The van der Waals surface area contributed by atoms with E-state index in [4.69, 9.17) is 13.6 Å². The Kier molecular flexibility index (Phi) is 7.46. The SMILES string of the molecule is CC(=O)O[C@]1(C(=O)CO[Si](C)(C)C)CC[C@H]2[C@@H]3C[C@@](C)(O[Si](C)(C)C)C4=CC(=O)CC[C@]4(C)[C@H]3CC[C@@]21C. The molecule has 6 nitrogen and oxygen atoms in total. The lowest BCUT2D eigenvalue weighted by Gasteiger charge is -2.63. The van der Waals surface area contributed by atoms with Crippen molar-refractivity contribution in [3.05, 3.63) is 11.6 Å². The Bertz CT molecular complexity index is 1040. The first-order chi connectivity index (χ1) is 17.3. The van der Waals surface area contributed by atoms with Crippen LogP contribution in [-0.2, 0) is 28.0 Å². The van der Waals surface area contributed by atoms with Gasteiger partial charge in [-0.05, 0) is 120 Å². The Morgan fingerprint density at radius 3 is 2.16 bits per heavy atom. The molecule has 7 atom stereocenters. The van der Waals surface area contributed by atoms with Crippen molar-refractivity contribution in [1.82, 2.24) is 0 Å². The zero-order valence-corrected chi connectivity index (χ0v) is 27.4. The number of hydrogen-bond acceptors (Lipinski definition) is 6. The van der Waals surface area contributed by atoms with Gasteiger partial charge in [0.1, 0.15) is 0 Å². The largest absolute Gasteiger partial charge is 0.451 e. The fourth-order valence-corrected chi connectivity index (χ4v) is 11.2. The zero-order valence-electron chi connectivity index (χ0n) is 25.4. The van der Waals surface area contributed by atoms with Crippen LogP contribution in [0, 0.1) is 28.6 Å². The van der Waals surface area contributed by atoms with Crippen LogP contribution in [0.25, 0.3) is 0 Å². The van der Waals surface area contributed by atoms with Crippen LogP contribution in [-0.4, -0.2) is 52.0 Å². The summed E-state index contributed by atoms with van der Waals surface area (Å²) in [7, 11) is -3.87. The molecule has 214 valence electrons. The molecule has 3 saturated carbocycles. The smallest absolute Gasteiger partial charge is 0.303 e. The molecule has 0 heterocycles. The van der Waals surface area contributed by atoms with Crippen molar-refractivity contribution in [2.45, 2.75) is 123 Å². The van der Waals surface area contributed by atoms with Gasteiger partial charge in [-0.3, -0.25) is 14.4 Å². The number of Topliss-reactive ketones (excluding diaryl/α,β-unsaturated/α-hetero) is 1. The normalized spacial score (nSPS) is 41.1. The molecule has 4 aliphatic carbocycles. The van der Waals surface area contributed by atoms with Gasteiger partial charge in [-0.15, -0.1) is 0 Å². The second-order valence-corrected chi connectivity index (χ2v) is 24.2. The first-order valence-corrected chi connectivity index (χ1v) is 21.4. The van der Waals surface area contributed by atoms with Crippen LogP contribution in [0.4, 0.5) is 0 Å². The van der Waals surface area contributed by atoms with Crippen LogP contribution in [0.5, 0.6) is 0 Å².